The van der Waals surface area contributed by atoms with E-state index in [0.717, 1.165) is 25.9 Å². The second kappa shape index (κ2) is 14.8. The number of carbonyl (C=O) groups excluding carboxylic acids is 3. The van der Waals surface area contributed by atoms with Gasteiger partial charge in [-0.15, -0.1) is 0 Å². The molecule has 3 N–H and O–H groups in total. The molecule has 0 saturated heterocycles. The van der Waals surface area contributed by atoms with Crippen molar-refractivity contribution in [2.45, 2.75) is 66.5 Å². The van der Waals surface area contributed by atoms with Crippen LogP contribution in [0.25, 0.3) is 0 Å². The topological polar surface area (TPSA) is 105 Å². The van der Waals surface area contributed by atoms with Gasteiger partial charge in [0.1, 0.15) is 0 Å². The molecule has 4 unspecified atom stereocenters. The molecule has 35 heavy (non-hydrogen) atoms. The molecular weight excluding hydrogens is 444 g/mol. The maximum absolute atomic E-state index is 13.6. The van der Waals surface area contributed by atoms with Crippen LogP contribution in [0.5, 0.6) is 0 Å². The van der Waals surface area contributed by atoms with Crippen LogP contribution in [0.15, 0.2) is 24.3 Å². The number of ketones is 1. The van der Waals surface area contributed by atoms with E-state index < -0.39 is 18.2 Å². The highest BCUT2D eigenvalue weighted by atomic mass is 16.6. The zero-order chi connectivity index (χ0) is 26.7. The average molecular weight is 491 g/mol. The van der Waals surface area contributed by atoms with Gasteiger partial charge in [0.2, 0.25) is 5.91 Å². The van der Waals surface area contributed by atoms with Crippen LogP contribution in [0, 0.1) is 17.8 Å². The minimum absolute atomic E-state index is 0.126. The van der Waals surface area contributed by atoms with Crippen LogP contribution in [0.4, 0.5) is 10.5 Å². The van der Waals surface area contributed by atoms with Crippen molar-refractivity contribution in [3.63, 3.8) is 0 Å². The van der Waals surface area contributed by atoms with Crippen molar-refractivity contribution in [3.05, 3.63) is 29.8 Å². The van der Waals surface area contributed by atoms with E-state index in [-0.39, 0.29) is 29.4 Å². The summed E-state index contributed by atoms with van der Waals surface area (Å²) in [5, 5.41) is 2.73. The van der Waals surface area contributed by atoms with Gasteiger partial charge >= 0.3 is 6.09 Å². The fourth-order valence-corrected chi connectivity index (χ4v) is 3.79. The third-order valence-corrected chi connectivity index (χ3v) is 6.20. The molecule has 1 rings (SSSR count). The Balaban J connectivity index is 3.09. The standard InChI is InChI=1S/C27H46N4O4/c1-9-15-30(7)16-14-19(4)20(5)24(32)25(35-27(34)31(8)17-18(2)3)22-10-12-23(13-11-22)29-26(33)21(6)28/h10-13,18-21,25H,9,14-17,28H2,1-8H3,(H,29,33). The number of rotatable bonds is 14. The van der Waals surface area contributed by atoms with Crippen molar-refractivity contribution in [3.8, 4) is 0 Å². The van der Waals surface area contributed by atoms with Crippen LogP contribution in [0.2, 0.25) is 0 Å². The van der Waals surface area contributed by atoms with Gasteiger partial charge in [-0.1, -0.05) is 46.8 Å². The molecule has 0 aliphatic rings. The highest BCUT2D eigenvalue weighted by Crippen LogP contribution is 2.29. The van der Waals surface area contributed by atoms with Gasteiger partial charge in [0.05, 0.1) is 6.04 Å². The predicted octanol–water partition coefficient (Wildman–Crippen LogP) is 4.31. The zero-order valence-electron chi connectivity index (χ0n) is 22.8. The molecule has 0 fully saturated rings. The van der Waals surface area contributed by atoms with E-state index in [2.05, 4.69) is 31.1 Å². The Morgan fingerprint density at radius 1 is 1.00 bits per heavy atom. The Kier molecular flexibility index (Phi) is 13.0. The largest absolute Gasteiger partial charge is 0.433 e. The lowest BCUT2D eigenvalue weighted by Gasteiger charge is -2.28. The summed E-state index contributed by atoms with van der Waals surface area (Å²) in [5.41, 5.74) is 6.75. The number of benzene rings is 1. The SMILES string of the molecule is CCCN(C)CCC(C)C(C)C(=O)C(OC(=O)N(C)CC(C)C)c1ccc(NC(=O)C(C)N)cc1. The van der Waals surface area contributed by atoms with Gasteiger partial charge in [-0.05, 0) is 63.9 Å². The first-order valence-corrected chi connectivity index (χ1v) is 12.7. The molecule has 1 aromatic carbocycles. The number of anilines is 1. The molecule has 2 amide bonds. The van der Waals surface area contributed by atoms with E-state index >= 15 is 0 Å². The van der Waals surface area contributed by atoms with Crippen molar-refractivity contribution < 1.29 is 19.1 Å². The Bertz CT molecular complexity index is 810. The highest BCUT2D eigenvalue weighted by molar-refractivity contribution is 5.94. The molecule has 0 saturated carbocycles. The molecule has 0 bridgehead atoms. The van der Waals surface area contributed by atoms with Crippen LogP contribution in [-0.2, 0) is 14.3 Å². The van der Waals surface area contributed by atoms with E-state index in [4.69, 9.17) is 10.5 Å². The van der Waals surface area contributed by atoms with Gasteiger partial charge < -0.3 is 25.6 Å². The van der Waals surface area contributed by atoms with Gasteiger partial charge in [-0.2, -0.15) is 0 Å². The second-order valence-electron chi connectivity index (χ2n) is 10.2. The number of carbonyl (C=O) groups is 3. The monoisotopic (exact) mass is 490 g/mol. The van der Waals surface area contributed by atoms with Gasteiger partial charge in [0.25, 0.3) is 0 Å². The summed E-state index contributed by atoms with van der Waals surface area (Å²) in [6.45, 7) is 14.2. The lowest BCUT2D eigenvalue weighted by Crippen LogP contribution is -2.36. The normalized spacial score (nSPS) is 14.8. The van der Waals surface area contributed by atoms with Crippen molar-refractivity contribution >= 4 is 23.5 Å². The van der Waals surface area contributed by atoms with Crippen molar-refractivity contribution in [2.24, 2.45) is 23.5 Å². The fraction of sp³-hybridized carbons (Fsp3) is 0.667. The molecule has 0 heterocycles. The van der Waals surface area contributed by atoms with Crippen LogP contribution in [0.3, 0.4) is 0 Å². The molecule has 0 aromatic heterocycles. The number of ether oxygens (including phenoxy) is 1. The Morgan fingerprint density at radius 2 is 1.60 bits per heavy atom. The van der Waals surface area contributed by atoms with E-state index in [0.29, 0.717) is 17.8 Å². The lowest BCUT2D eigenvalue weighted by atomic mass is 9.85. The molecule has 0 spiro atoms. The first-order valence-electron chi connectivity index (χ1n) is 12.7. The van der Waals surface area contributed by atoms with Gasteiger partial charge in [-0.3, -0.25) is 9.59 Å². The fourth-order valence-electron chi connectivity index (χ4n) is 3.79. The maximum Gasteiger partial charge on any atom is 0.410 e. The molecule has 4 atom stereocenters. The summed E-state index contributed by atoms with van der Waals surface area (Å²) in [6.07, 6.45) is 0.400. The van der Waals surface area contributed by atoms with Gasteiger partial charge in [0.15, 0.2) is 11.9 Å². The third kappa shape index (κ3) is 10.4. The molecular formula is C27H46N4O4. The van der Waals surface area contributed by atoms with Crippen LogP contribution in [-0.4, -0.2) is 67.4 Å². The molecule has 1 aromatic rings. The summed E-state index contributed by atoms with van der Waals surface area (Å²) < 4.78 is 5.78. The molecule has 0 aliphatic carbocycles. The highest BCUT2D eigenvalue weighted by Gasteiger charge is 2.32. The third-order valence-electron chi connectivity index (χ3n) is 6.20. The maximum atomic E-state index is 13.6. The van der Waals surface area contributed by atoms with Crippen molar-refractivity contribution in [2.75, 3.05) is 39.0 Å². The minimum atomic E-state index is -1.03. The molecule has 198 valence electrons. The zero-order valence-corrected chi connectivity index (χ0v) is 22.8. The Hall–Kier alpha value is -2.45. The Labute approximate surface area is 211 Å². The van der Waals surface area contributed by atoms with E-state index in [1.165, 1.54) is 4.90 Å². The number of hydrogen-bond donors (Lipinski definition) is 2. The number of nitrogens with zero attached hydrogens (tertiary/aromatic N) is 2. The molecule has 0 radical (unpaired) electrons. The van der Waals surface area contributed by atoms with E-state index in [1.54, 1.807) is 38.2 Å². The van der Waals surface area contributed by atoms with Gasteiger partial charge in [-0.25, -0.2) is 4.79 Å². The summed E-state index contributed by atoms with van der Waals surface area (Å²) >= 11 is 0. The molecule has 0 aliphatic heterocycles. The number of nitrogens with two attached hydrogens (primary N) is 1. The van der Waals surface area contributed by atoms with Crippen LogP contribution < -0.4 is 11.1 Å². The first-order chi connectivity index (χ1) is 16.4. The Morgan fingerprint density at radius 3 is 2.11 bits per heavy atom. The van der Waals surface area contributed by atoms with Crippen LogP contribution in [0.1, 0.15) is 66.1 Å². The van der Waals surface area contributed by atoms with Crippen LogP contribution >= 0.6 is 0 Å². The predicted molar refractivity (Wildman–Crippen MR) is 141 cm³/mol. The minimum Gasteiger partial charge on any atom is -0.433 e. The van der Waals surface area contributed by atoms with Gasteiger partial charge in [0, 0.05) is 30.8 Å². The molecule has 8 nitrogen and oxygen atoms in total. The lowest BCUT2D eigenvalue weighted by molar-refractivity contribution is -0.133. The quantitative estimate of drug-likeness (QED) is 0.403. The first kappa shape index (κ1) is 30.6. The van der Waals surface area contributed by atoms with E-state index in [9.17, 15) is 14.4 Å². The number of nitrogens with one attached hydrogen (secondary N) is 1. The number of hydrogen-bond acceptors (Lipinski definition) is 6. The number of amides is 2. The van der Waals surface area contributed by atoms with Crippen molar-refractivity contribution in [1.82, 2.24) is 9.80 Å². The summed E-state index contributed by atoms with van der Waals surface area (Å²) in [5.74, 6) is -0.331. The second-order valence-corrected chi connectivity index (χ2v) is 10.2. The van der Waals surface area contributed by atoms with E-state index in [1.807, 2.05) is 20.8 Å². The summed E-state index contributed by atoms with van der Waals surface area (Å²) in [7, 11) is 3.76. The number of Topliss-reactive ketones (excluding diaryl/α,β-unsaturated/α-hetero) is 1. The smallest absolute Gasteiger partial charge is 0.410 e. The average Bonchev–Trinajstić information content (AvgIpc) is 2.80. The summed E-state index contributed by atoms with van der Waals surface area (Å²) in [6, 6.07) is 6.16. The molecule has 8 heteroatoms. The summed E-state index contributed by atoms with van der Waals surface area (Å²) in [4.78, 5) is 42.1. The van der Waals surface area contributed by atoms with Crippen molar-refractivity contribution in [1.29, 1.82) is 0 Å².